The van der Waals surface area contributed by atoms with E-state index < -0.39 is 0 Å². The molecule has 0 bridgehead atoms. The highest BCUT2D eigenvalue weighted by atomic mass is 127. The third-order valence-electron chi connectivity index (χ3n) is 2.27. The van der Waals surface area contributed by atoms with Gasteiger partial charge in [0.25, 0.3) is 0 Å². The number of benzene rings is 1. The summed E-state index contributed by atoms with van der Waals surface area (Å²) in [6.45, 7) is 1.91. The molecule has 0 aliphatic rings. The molecule has 0 N–H and O–H groups in total. The molecule has 0 unspecified atom stereocenters. The van der Waals surface area contributed by atoms with E-state index in [9.17, 15) is 4.79 Å². The van der Waals surface area contributed by atoms with Gasteiger partial charge in [-0.3, -0.25) is 4.79 Å². The second-order valence-corrected chi connectivity index (χ2v) is 5.89. The Balaban J connectivity index is 1.98. The number of hydrogen-bond acceptors (Lipinski definition) is 4. The van der Waals surface area contributed by atoms with E-state index in [0.717, 1.165) is 14.8 Å². The number of carbonyl (C=O) groups excluding carboxylic acids is 1. The number of ketones is 1. The van der Waals surface area contributed by atoms with Crippen molar-refractivity contribution >= 4 is 40.1 Å². The zero-order valence-electron chi connectivity index (χ0n) is 9.76. The van der Waals surface area contributed by atoms with E-state index in [1.54, 1.807) is 6.20 Å². The summed E-state index contributed by atoms with van der Waals surface area (Å²) in [6, 6.07) is 9.40. The van der Waals surface area contributed by atoms with Gasteiger partial charge in [0.15, 0.2) is 10.9 Å². The van der Waals surface area contributed by atoms with Crippen molar-refractivity contribution in [3.05, 3.63) is 51.4 Å². The number of halogens is 1. The number of hydrogen-bond donors (Lipinski definition) is 0. The van der Waals surface area contributed by atoms with Crippen molar-refractivity contribution in [3.8, 4) is 0 Å². The SMILES string of the molecule is Cc1ccnc(SCC(=O)c2ccc(I)cc2)n1. The maximum Gasteiger partial charge on any atom is 0.188 e. The van der Waals surface area contributed by atoms with Crippen molar-refractivity contribution in [1.82, 2.24) is 9.97 Å². The van der Waals surface area contributed by atoms with Crippen LogP contribution in [-0.2, 0) is 0 Å². The molecule has 0 saturated carbocycles. The molecule has 0 atom stereocenters. The molecular formula is C13H11IN2OS. The van der Waals surface area contributed by atoms with Gasteiger partial charge in [-0.1, -0.05) is 23.9 Å². The normalized spacial score (nSPS) is 10.3. The van der Waals surface area contributed by atoms with Crippen molar-refractivity contribution in [2.45, 2.75) is 12.1 Å². The molecule has 1 heterocycles. The van der Waals surface area contributed by atoms with E-state index in [0.29, 0.717) is 10.9 Å². The molecular weight excluding hydrogens is 359 g/mol. The van der Waals surface area contributed by atoms with Crippen molar-refractivity contribution in [2.75, 3.05) is 5.75 Å². The van der Waals surface area contributed by atoms with Gasteiger partial charge < -0.3 is 0 Å². The van der Waals surface area contributed by atoms with Crippen LogP contribution in [0.1, 0.15) is 16.1 Å². The van der Waals surface area contributed by atoms with Crippen LogP contribution in [0.2, 0.25) is 0 Å². The topological polar surface area (TPSA) is 42.9 Å². The van der Waals surface area contributed by atoms with Gasteiger partial charge in [0, 0.05) is 21.0 Å². The highest BCUT2D eigenvalue weighted by Crippen LogP contribution is 2.15. The number of nitrogens with zero attached hydrogens (tertiary/aromatic N) is 2. The maximum absolute atomic E-state index is 11.9. The molecule has 0 radical (unpaired) electrons. The van der Waals surface area contributed by atoms with Gasteiger partial charge in [0.2, 0.25) is 0 Å². The number of aromatic nitrogens is 2. The molecule has 0 fully saturated rings. The lowest BCUT2D eigenvalue weighted by molar-refractivity contribution is 0.102. The Morgan fingerprint density at radius 3 is 2.67 bits per heavy atom. The second kappa shape index (κ2) is 6.29. The van der Waals surface area contributed by atoms with Gasteiger partial charge in [0.1, 0.15) is 0 Å². The number of aryl methyl sites for hydroxylation is 1. The number of Topliss-reactive ketones (excluding diaryl/α,β-unsaturated/α-hetero) is 1. The van der Waals surface area contributed by atoms with Crippen molar-refractivity contribution in [3.63, 3.8) is 0 Å². The van der Waals surface area contributed by atoms with Crippen LogP contribution < -0.4 is 0 Å². The average molecular weight is 370 g/mol. The van der Waals surface area contributed by atoms with Crippen molar-refractivity contribution < 1.29 is 4.79 Å². The Morgan fingerprint density at radius 2 is 2.00 bits per heavy atom. The van der Waals surface area contributed by atoms with Gasteiger partial charge in [-0.2, -0.15) is 0 Å². The molecule has 1 aromatic carbocycles. The summed E-state index contributed by atoms with van der Waals surface area (Å²) in [6.07, 6.45) is 1.71. The standard InChI is InChI=1S/C13H11IN2OS/c1-9-6-7-15-13(16-9)18-8-12(17)10-2-4-11(14)5-3-10/h2-7H,8H2,1H3. The van der Waals surface area contributed by atoms with Gasteiger partial charge >= 0.3 is 0 Å². The summed E-state index contributed by atoms with van der Waals surface area (Å²) >= 11 is 3.59. The van der Waals surface area contributed by atoms with Crippen LogP contribution in [-0.4, -0.2) is 21.5 Å². The first kappa shape index (κ1) is 13.5. The van der Waals surface area contributed by atoms with E-state index in [2.05, 4.69) is 32.6 Å². The smallest absolute Gasteiger partial charge is 0.188 e. The summed E-state index contributed by atoms with van der Waals surface area (Å²) in [5, 5.41) is 0.647. The van der Waals surface area contributed by atoms with E-state index in [1.807, 2.05) is 37.3 Å². The predicted octanol–water partition coefficient (Wildman–Crippen LogP) is 3.36. The van der Waals surface area contributed by atoms with Gasteiger partial charge in [-0.15, -0.1) is 0 Å². The second-order valence-electron chi connectivity index (χ2n) is 3.70. The van der Waals surface area contributed by atoms with E-state index in [-0.39, 0.29) is 5.78 Å². The Bertz CT molecular complexity index is 557. The van der Waals surface area contributed by atoms with Gasteiger partial charge in [-0.25, -0.2) is 9.97 Å². The van der Waals surface area contributed by atoms with E-state index in [4.69, 9.17) is 0 Å². The number of carbonyl (C=O) groups is 1. The monoisotopic (exact) mass is 370 g/mol. The molecule has 0 aliphatic heterocycles. The summed E-state index contributed by atoms with van der Waals surface area (Å²) in [7, 11) is 0. The highest BCUT2D eigenvalue weighted by Gasteiger charge is 2.07. The Hall–Kier alpha value is -0.950. The molecule has 92 valence electrons. The van der Waals surface area contributed by atoms with Crippen LogP contribution in [0.3, 0.4) is 0 Å². The first-order chi connectivity index (χ1) is 8.65. The van der Waals surface area contributed by atoms with Crippen LogP contribution in [0.4, 0.5) is 0 Å². The van der Waals surface area contributed by atoms with Crippen molar-refractivity contribution in [2.24, 2.45) is 0 Å². The largest absolute Gasteiger partial charge is 0.293 e. The van der Waals surface area contributed by atoms with Crippen LogP contribution in [0, 0.1) is 10.5 Å². The Labute approximate surface area is 124 Å². The molecule has 18 heavy (non-hydrogen) atoms. The first-order valence-electron chi connectivity index (χ1n) is 5.36. The third kappa shape index (κ3) is 3.78. The quantitative estimate of drug-likeness (QED) is 0.358. The van der Waals surface area contributed by atoms with Crippen LogP contribution in [0.5, 0.6) is 0 Å². The highest BCUT2D eigenvalue weighted by molar-refractivity contribution is 14.1. The fraction of sp³-hybridized carbons (Fsp3) is 0.154. The minimum absolute atomic E-state index is 0.0986. The summed E-state index contributed by atoms with van der Waals surface area (Å²) < 4.78 is 1.12. The van der Waals surface area contributed by atoms with E-state index >= 15 is 0 Å². The zero-order valence-corrected chi connectivity index (χ0v) is 12.7. The Kier molecular flexibility index (Phi) is 4.71. The van der Waals surface area contributed by atoms with Crippen molar-refractivity contribution in [1.29, 1.82) is 0 Å². The minimum Gasteiger partial charge on any atom is -0.293 e. The molecule has 0 aliphatic carbocycles. The summed E-state index contributed by atoms with van der Waals surface area (Å²) in [4.78, 5) is 20.3. The van der Waals surface area contributed by atoms with E-state index in [1.165, 1.54) is 11.8 Å². The molecule has 0 saturated heterocycles. The fourth-order valence-electron chi connectivity index (χ4n) is 1.34. The Morgan fingerprint density at radius 1 is 1.28 bits per heavy atom. The molecule has 1 aromatic heterocycles. The molecule has 2 rings (SSSR count). The molecule has 0 spiro atoms. The number of rotatable bonds is 4. The number of thioether (sulfide) groups is 1. The average Bonchev–Trinajstić information content (AvgIpc) is 2.37. The first-order valence-corrected chi connectivity index (χ1v) is 7.43. The third-order valence-corrected chi connectivity index (χ3v) is 3.85. The van der Waals surface area contributed by atoms with Crippen LogP contribution >= 0.6 is 34.4 Å². The fourth-order valence-corrected chi connectivity index (χ4v) is 2.48. The van der Waals surface area contributed by atoms with Gasteiger partial charge in [0.05, 0.1) is 5.75 Å². The van der Waals surface area contributed by atoms with Crippen LogP contribution in [0.25, 0.3) is 0 Å². The maximum atomic E-state index is 11.9. The summed E-state index contributed by atoms with van der Waals surface area (Å²) in [5.41, 5.74) is 1.64. The summed E-state index contributed by atoms with van der Waals surface area (Å²) in [5.74, 6) is 0.464. The minimum atomic E-state index is 0.0986. The van der Waals surface area contributed by atoms with Gasteiger partial charge in [-0.05, 0) is 47.7 Å². The molecule has 2 aromatic rings. The molecule has 3 nitrogen and oxygen atoms in total. The molecule has 0 amide bonds. The van der Waals surface area contributed by atoms with Crippen LogP contribution in [0.15, 0.2) is 41.7 Å². The molecule has 5 heteroatoms. The lowest BCUT2D eigenvalue weighted by Gasteiger charge is -2.01. The zero-order chi connectivity index (χ0) is 13.0. The lowest BCUT2D eigenvalue weighted by Crippen LogP contribution is -2.03. The predicted molar refractivity (Wildman–Crippen MR) is 81.0 cm³/mol. The lowest BCUT2D eigenvalue weighted by atomic mass is 10.2.